The van der Waals surface area contributed by atoms with Crippen molar-refractivity contribution in [3.8, 4) is 0 Å². The van der Waals surface area contributed by atoms with Crippen molar-refractivity contribution in [2.24, 2.45) is 11.7 Å². The molecule has 132 valence electrons. The zero-order chi connectivity index (χ0) is 17.7. The monoisotopic (exact) mass is 328 g/mol. The minimum Gasteiger partial charge on any atom is -0.481 e. The number of carbonyl (C=O) groups excluding carboxylic acids is 2. The van der Waals surface area contributed by atoms with Crippen molar-refractivity contribution in [3.63, 3.8) is 0 Å². The maximum Gasteiger partial charge on any atom is 0.320 e. The summed E-state index contributed by atoms with van der Waals surface area (Å²) in [7, 11) is 0. The zero-order valence-corrected chi connectivity index (χ0v) is 14.3. The Morgan fingerprint density at radius 3 is 2.39 bits per heavy atom. The summed E-state index contributed by atoms with van der Waals surface area (Å²) in [4.78, 5) is 38.8. The van der Waals surface area contributed by atoms with Crippen LogP contribution in [0, 0.1) is 5.92 Å². The number of nitrogens with two attached hydrogens (primary N) is 1. The minimum absolute atomic E-state index is 0.00140. The van der Waals surface area contributed by atoms with E-state index in [-0.39, 0.29) is 31.1 Å². The zero-order valence-electron chi connectivity index (χ0n) is 14.3. The van der Waals surface area contributed by atoms with Gasteiger partial charge < -0.3 is 26.0 Å². The topological polar surface area (TPSA) is 116 Å². The van der Waals surface area contributed by atoms with Crippen LogP contribution < -0.4 is 11.1 Å². The Morgan fingerprint density at radius 1 is 1.35 bits per heavy atom. The molecule has 0 aromatic rings. The molecule has 1 rings (SSSR count). The Bertz CT molecular complexity index is 455. The molecule has 4 N–H and O–H groups in total. The van der Waals surface area contributed by atoms with Crippen LogP contribution in [0.3, 0.4) is 0 Å². The van der Waals surface area contributed by atoms with Gasteiger partial charge in [-0.3, -0.25) is 9.59 Å². The predicted octanol–water partition coefficient (Wildman–Crippen LogP) is 0.0752. The van der Waals surface area contributed by atoms with Gasteiger partial charge in [0.2, 0.25) is 5.91 Å². The number of carboxylic acid groups (broad SMARTS) is 1. The lowest BCUT2D eigenvalue weighted by molar-refractivity contribution is -0.141. The van der Waals surface area contributed by atoms with Gasteiger partial charge in [0.25, 0.3) is 0 Å². The highest BCUT2D eigenvalue weighted by atomic mass is 16.4. The van der Waals surface area contributed by atoms with Gasteiger partial charge in [0.05, 0.1) is 12.0 Å². The number of amides is 3. The summed E-state index contributed by atoms with van der Waals surface area (Å²) in [5.41, 5.74) is 6.05. The normalized spacial score (nSPS) is 23.9. The van der Waals surface area contributed by atoms with Crippen LogP contribution in [0.1, 0.15) is 34.1 Å². The van der Waals surface area contributed by atoms with E-state index in [1.165, 1.54) is 4.90 Å². The number of hydrogen-bond donors (Lipinski definition) is 3. The van der Waals surface area contributed by atoms with Gasteiger partial charge in [0, 0.05) is 38.1 Å². The van der Waals surface area contributed by atoms with Gasteiger partial charge in [-0.1, -0.05) is 6.92 Å². The molecule has 0 bridgehead atoms. The van der Waals surface area contributed by atoms with Crippen LogP contribution in [0.4, 0.5) is 4.79 Å². The molecule has 1 fully saturated rings. The fourth-order valence-corrected chi connectivity index (χ4v) is 2.88. The number of carboxylic acids is 1. The lowest BCUT2D eigenvalue weighted by Crippen LogP contribution is -2.54. The Labute approximate surface area is 137 Å². The fraction of sp³-hybridized carbons (Fsp3) is 0.800. The molecule has 8 heteroatoms. The van der Waals surface area contributed by atoms with Gasteiger partial charge in [-0.2, -0.15) is 0 Å². The lowest BCUT2D eigenvalue weighted by Gasteiger charge is -2.34. The molecule has 0 radical (unpaired) electrons. The molecule has 0 aromatic heterocycles. The molecule has 0 aliphatic carbocycles. The molecule has 1 heterocycles. The maximum atomic E-state index is 12.7. The molecular weight excluding hydrogens is 300 g/mol. The van der Waals surface area contributed by atoms with Gasteiger partial charge in [-0.25, -0.2) is 4.79 Å². The molecule has 8 nitrogen and oxygen atoms in total. The van der Waals surface area contributed by atoms with Crippen molar-refractivity contribution in [3.05, 3.63) is 0 Å². The van der Waals surface area contributed by atoms with Crippen molar-refractivity contribution >= 4 is 17.9 Å². The van der Waals surface area contributed by atoms with E-state index in [1.807, 2.05) is 20.8 Å². The molecule has 0 saturated carbocycles. The third-order valence-electron chi connectivity index (χ3n) is 4.30. The van der Waals surface area contributed by atoms with E-state index in [1.54, 1.807) is 11.8 Å². The first-order chi connectivity index (χ1) is 10.7. The minimum atomic E-state index is -1.02. The third-order valence-corrected chi connectivity index (χ3v) is 4.30. The van der Waals surface area contributed by atoms with Crippen LogP contribution in [0.2, 0.25) is 0 Å². The van der Waals surface area contributed by atoms with E-state index in [0.29, 0.717) is 13.0 Å². The van der Waals surface area contributed by atoms with E-state index in [2.05, 4.69) is 5.32 Å². The van der Waals surface area contributed by atoms with E-state index in [4.69, 9.17) is 5.73 Å². The Balaban J connectivity index is 2.97. The summed E-state index contributed by atoms with van der Waals surface area (Å²) in [5.74, 6) is -2.00. The van der Waals surface area contributed by atoms with Gasteiger partial charge in [0.15, 0.2) is 0 Å². The van der Waals surface area contributed by atoms with Gasteiger partial charge in [-0.15, -0.1) is 0 Å². The van der Waals surface area contributed by atoms with E-state index in [9.17, 15) is 19.5 Å². The second-order valence-electron chi connectivity index (χ2n) is 6.06. The van der Waals surface area contributed by atoms with Gasteiger partial charge >= 0.3 is 12.0 Å². The molecule has 0 spiro atoms. The van der Waals surface area contributed by atoms with Crippen molar-refractivity contribution in [1.82, 2.24) is 15.1 Å². The highest BCUT2D eigenvalue weighted by Crippen LogP contribution is 2.24. The first kappa shape index (κ1) is 19.2. The average molecular weight is 328 g/mol. The molecule has 0 unspecified atom stereocenters. The SMILES string of the molecule is CCC(=O)NC[C@H]1[C@H](N)[C@H](C(=O)O)CN1C(=O)N(CC)C(C)C. The van der Waals surface area contributed by atoms with Crippen molar-refractivity contribution < 1.29 is 19.5 Å². The van der Waals surface area contributed by atoms with E-state index < -0.39 is 24.0 Å². The highest BCUT2D eigenvalue weighted by molar-refractivity contribution is 5.79. The molecule has 3 amide bonds. The van der Waals surface area contributed by atoms with Crippen LogP contribution in [-0.4, -0.2) is 70.6 Å². The smallest absolute Gasteiger partial charge is 0.320 e. The van der Waals surface area contributed by atoms with Crippen LogP contribution in [0.5, 0.6) is 0 Å². The second kappa shape index (κ2) is 8.14. The van der Waals surface area contributed by atoms with Crippen molar-refractivity contribution in [2.75, 3.05) is 19.6 Å². The Morgan fingerprint density at radius 2 is 1.96 bits per heavy atom. The number of urea groups is 1. The second-order valence-corrected chi connectivity index (χ2v) is 6.06. The van der Waals surface area contributed by atoms with Crippen LogP contribution >= 0.6 is 0 Å². The number of rotatable bonds is 6. The number of nitrogens with one attached hydrogen (secondary N) is 1. The van der Waals surface area contributed by atoms with Crippen LogP contribution in [-0.2, 0) is 9.59 Å². The first-order valence-electron chi connectivity index (χ1n) is 8.06. The summed E-state index contributed by atoms with van der Waals surface area (Å²) < 4.78 is 0. The highest BCUT2D eigenvalue weighted by Gasteiger charge is 2.46. The van der Waals surface area contributed by atoms with E-state index in [0.717, 1.165) is 0 Å². The number of carbonyl (C=O) groups is 3. The van der Waals surface area contributed by atoms with Crippen molar-refractivity contribution in [1.29, 1.82) is 0 Å². The quantitative estimate of drug-likeness (QED) is 0.638. The molecule has 0 aromatic carbocycles. The Kier molecular flexibility index (Phi) is 6.80. The fourth-order valence-electron chi connectivity index (χ4n) is 2.88. The van der Waals surface area contributed by atoms with Gasteiger partial charge in [-0.05, 0) is 20.8 Å². The molecule has 1 aliphatic rings. The largest absolute Gasteiger partial charge is 0.481 e. The molecule has 1 aliphatic heterocycles. The molecule has 1 saturated heterocycles. The standard InChI is InChI=1S/C15H28N4O4/c1-5-12(20)17-7-11-13(16)10(14(21)22)8-19(11)15(23)18(6-2)9(3)4/h9-11,13H,5-8,16H2,1-4H3,(H,17,20)(H,21,22)/t10-,11+,13-/m1/s1. The summed E-state index contributed by atoms with van der Waals surface area (Å²) in [6.45, 7) is 8.15. The summed E-state index contributed by atoms with van der Waals surface area (Å²) in [6.07, 6.45) is 0.325. The molecule has 23 heavy (non-hydrogen) atoms. The molecule has 3 atom stereocenters. The summed E-state index contributed by atoms with van der Waals surface area (Å²) in [6, 6.07) is -1.47. The summed E-state index contributed by atoms with van der Waals surface area (Å²) >= 11 is 0. The predicted molar refractivity (Wildman–Crippen MR) is 85.8 cm³/mol. The van der Waals surface area contributed by atoms with Crippen LogP contribution in [0.25, 0.3) is 0 Å². The number of likely N-dealkylation sites (tertiary alicyclic amines) is 1. The molecular formula is C15H28N4O4. The van der Waals surface area contributed by atoms with E-state index >= 15 is 0 Å². The Hall–Kier alpha value is -1.83. The number of hydrogen-bond acceptors (Lipinski definition) is 4. The maximum absolute atomic E-state index is 12.7. The first-order valence-corrected chi connectivity index (χ1v) is 8.06. The summed E-state index contributed by atoms with van der Waals surface area (Å²) in [5, 5.41) is 12.0. The number of aliphatic carboxylic acids is 1. The van der Waals surface area contributed by atoms with Crippen LogP contribution in [0.15, 0.2) is 0 Å². The number of nitrogens with zero attached hydrogens (tertiary/aromatic N) is 2. The average Bonchev–Trinajstić information content (AvgIpc) is 2.82. The third kappa shape index (κ3) is 4.34. The van der Waals surface area contributed by atoms with Gasteiger partial charge in [0.1, 0.15) is 0 Å². The lowest BCUT2D eigenvalue weighted by atomic mass is 10.00. The van der Waals surface area contributed by atoms with Crippen molar-refractivity contribution in [2.45, 2.75) is 52.2 Å².